The van der Waals surface area contributed by atoms with Gasteiger partial charge in [-0.15, -0.1) is 10.2 Å². The third-order valence-corrected chi connectivity index (χ3v) is 9.27. The molecule has 204 valence electrons. The van der Waals surface area contributed by atoms with Gasteiger partial charge in [0.05, 0.1) is 18.7 Å². The molecule has 0 spiro atoms. The van der Waals surface area contributed by atoms with Crippen LogP contribution in [-0.4, -0.2) is 39.2 Å². The number of rotatable bonds is 7. The summed E-state index contributed by atoms with van der Waals surface area (Å²) in [7, 11) is 1.39. The Morgan fingerprint density at radius 3 is 2.55 bits per heavy atom. The monoisotopic (exact) mass is 677 g/mol. The van der Waals surface area contributed by atoms with E-state index in [0.717, 1.165) is 21.4 Å². The molecule has 1 aliphatic rings. The topological polar surface area (TPSA) is 113 Å². The summed E-state index contributed by atoms with van der Waals surface area (Å²) in [5, 5.41) is 31.0. The molecular formula is C27H18BrCl2N3O5S2. The van der Waals surface area contributed by atoms with Crippen molar-refractivity contribution in [3.05, 3.63) is 97.4 Å². The number of aliphatic hydroxyl groups excluding tert-OH is 1. The molecule has 5 rings (SSSR count). The van der Waals surface area contributed by atoms with E-state index in [1.54, 1.807) is 42.5 Å². The lowest BCUT2D eigenvalue weighted by Gasteiger charge is -2.23. The number of aromatic hydroxyl groups is 1. The molecule has 1 aliphatic heterocycles. The maximum absolute atomic E-state index is 13.4. The number of hydrogen-bond acceptors (Lipinski definition) is 9. The first-order valence-corrected chi connectivity index (χ1v) is 14.9. The number of amides is 1. The smallest absolute Gasteiger partial charge is 0.301 e. The van der Waals surface area contributed by atoms with Crippen LogP contribution in [-0.2, 0) is 15.3 Å². The van der Waals surface area contributed by atoms with Gasteiger partial charge >= 0.3 is 5.91 Å². The molecule has 1 unspecified atom stereocenters. The van der Waals surface area contributed by atoms with Gasteiger partial charge in [-0.05, 0) is 47.5 Å². The van der Waals surface area contributed by atoms with Crippen molar-refractivity contribution in [3.8, 4) is 11.5 Å². The van der Waals surface area contributed by atoms with Crippen LogP contribution < -0.4 is 9.64 Å². The van der Waals surface area contributed by atoms with Crippen LogP contribution in [0.3, 0.4) is 0 Å². The average molecular weight is 679 g/mol. The maximum Gasteiger partial charge on any atom is 0.301 e. The lowest BCUT2D eigenvalue weighted by molar-refractivity contribution is -0.132. The molecule has 0 saturated carbocycles. The predicted molar refractivity (Wildman–Crippen MR) is 160 cm³/mol. The van der Waals surface area contributed by atoms with E-state index in [1.807, 2.05) is 6.07 Å². The molecule has 1 fully saturated rings. The Hall–Kier alpha value is -3.09. The quantitative estimate of drug-likeness (QED) is 0.0692. The van der Waals surface area contributed by atoms with Gasteiger partial charge in [-0.1, -0.05) is 86.5 Å². The molecule has 0 bridgehead atoms. The summed E-state index contributed by atoms with van der Waals surface area (Å²) >= 11 is 18.1. The zero-order chi connectivity index (χ0) is 28.6. The number of phenolic OH excluding ortho intramolecular Hbond substituents is 1. The highest BCUT2D eigenvalue weighted by Crippen LogP contribution is 2.45. The summed E-state index contributed by atoms with van der Waals surface area (Å²) in [6.45, 7) is 0. The third kappa shape index (κ3) is 5.57. The molecule has 0 radical (unpaired) electrons. The van der Waals surface area contributed by atoms with Gasteiger partial charge < -0.3 is 14.9 Å². The molecule has 1 amide bonds. The van der Waals surface area contributed by atoms with Crippen molar-refractivity contribution in [2.75, 3.05) is 12.0 Å². The highest BCUT2D eigenvalue weighted by atomic mass is 79.9. The fourth-order valence-electron chi connectivity index (χ4n) is 4.11. The van der Waals surface area contributed by atoms with E-state index >= 15 is 0 Å². The summed E-state index contributed by atoms with van der Waals surface area (Å²) in [4.78, 5) is 28.0. The first-order chi connectivity index (χ1) is 19.2. The zero-order valence-electron chi connectivity index (χ0n) is 20.5. The highest BCUT2D eigenvalue weighted by Gasteiger charge is 2.48. The van der Waals surface area contributed by atoms with Gasteiger partial charge in [-0.3, -0.25) is 14.5 Å². The molecule has 2 N–H and O–H groups in total. The van der Waals surface area contributed by atoms with Crippen LogP contribution in [0.1, 0.15) is 22.7 Å². The average Bonchev–Trinajstić information content (AvgIpc) is 3.50. The number of aliphatic hydroxyl groups is 1. The van der Waals surface area contributed by atoms with Crippen molar-refractivity contribution in [2.45, 2.75) is 16.1 Å². The van der Waals surface area contributed by atoms with Crippen LogP contribution in [0.2, 0.25) is 10.0 Å². The van der Waals surface area contributed by atoms with E-state index in [0.29, 0.717) is 31.3 Å². The Kier molecular flexibility index (Phi) is 8.39. The maximum atomic E-state index is 13.4. The largest absolute Gasteiger partial charge is 0.507 e. The number of Topliss-reactive ketones (excluding diaryl/α,β-unsaturated/α-hetero) is 1. The van der Waals surface area contributed by atoms with Crippen molar-refractivity contribution in [2.24, 2.45) is 0 Å². The summed E-state index contributed by atoms with van der Waals surface area (Å²) in [5.74, 6) is -1.60. The minimum Gasteiger partial charge on any atom is -0.507 e. The van der Waals surface area contributed by atoms with E-state index < -0.39 is 17.7 Å². The Morgan fingerprint density at radius 1 is 1.10 bits per heavy atom. The molecule has 13 heteroatoms. The number of carbonyl (C=O) groups is 2. The second-order valence-corrected chi connectivity index (χ2v) is 12.4. The van der Waals surface area contributed by atoms with Crippen molar-refractivity contribution >= 4 is 84.8 Å². The number of ether oxygens (including phenoxy) is 1. The van der Waals surface area contributed by atoms with Crippen LogP contribution in [0.5, 0.6) is 11.5 Å². The van der Waals surface area contributed by atoms with E-state index in [-0.39, 0.29) is 28.0 Å². The number of aromatic nitrogens is 2. The minimum absolute atomic E-state index is 0.119. The Morgan fingerprint density at radius 2 is 1.85 bits per heavy atom. The third-order valence-electron chi connectivity index (χ3n) is 6.05. The number of benzene rings is 3. The van der Waals surface area contributed by atoms with E-state index in [4.69, 9.17) is 27.9 Å². The number of thioether (sulfide) groups is 1. The summed E-state index contributed by atoms with van der Waals surface area (Å²) in [6, 6.07) is 15.3. The van der Waals surface area contributed by atoms with Gasteiger partial charge in [-0.25, -0.2) is 0 Å². The number of nitrogens with zero attached hydrogens (tertiary/aromatic N) is 3. The Bertz CT molecular complexity index is 1660. The molecule has 2 heterocycles. The van der Waals surface area contributed by atoms with Gasteiger partial charge in [0.2, 0.25) is 5.13 Å². The van der Waals surface area contributed by atoms with Crippen molar-refractivity contribution in [1.82, 2.24) is 10.2 Å². The standard InChI is InChI=1S/C27H18BrCl2N3O5S2/c1-38-20-10-14(5-9-19(20)34)22-21(23(35)13-2-6-16(28)7-3-13)24(36)25(37)33(22)26-31-32-27(40-26)39-12-15-4-8-17(29)11-18(15)30/h2-11,22,34-35H,12H2,1H3/b23-21-. The number of ketones is 1. The van der Waals surface area contributed by atoms with Crippen LogP contribution >= 0.6 is 62.2 Å². The molecule has 1 atom stereocenters. The molecule has 3 aromatic carbocycles. The minimum atomic E-state index is -1.06. The summed E-state index contributed by atoms with van der Waals surface area (Å²) in [5.41, 5.74) is 1.49. The highest BCUT2D eigenvalue weighted by molar-refractivity contribution is 9.10. The van der Waals surface area contributed by atoms with E-state index in [9.17, 15) is 19.8 Å². The summed E-state index contributed by atoms with van der Waals surface area (Å²) in [6.07, 6.45) is 0. The van der Waals surface area contributed by atoms with Gasteiger partial charge in [0, 0.05) is 25.8 Å². The van der Waals surface area contributed by atoms with Gasteiger partial charge in [0.25, 0.3) is 5.78 Å². The molecule has 0 aliphatic carbocycles. The predicted octanol–water partition coefficient (Wildman–Crippen LogP) is 7.24. The molecule has 1 aromatic heterocycles. The Labute approximate surface area is 255 Å². The van der Waals surface area contributed by atoms with Crippen molar-refractivity contribution in [1.29, 1.82) is 0 Å². The van der Waals surface area contributed by atoms with Gasteiger partial charge in [-0.2, -0.15) is 0 Å². The number of anilines is 1. The molecule has 4 aromatic rings. The second-order valence-electron chi connectivity index (χ2n) is 8.48. The fraction of sp³-hybridized carbons (Fsp3) is 0.111. The molecular weight excluding hydrogens is 661 g/mol. The Balaban J connectivity index is 1.56. The number of methoxy groups -OCH3 is 1. The second kappa shape index (κ2) is 11.8. The van der Waals surface area contributed by atoms with Gasteiger partial charge in [0.15, 0.2) is 15.8 Å². The molecule has 1 saturated heterocycles. The number of phenols is 1. The lowest BCUT2D eigenvalue weighted by Crippen LogP contribution is -2.29. The van der Waals surface area contributed by atoms with Crippen LogP contribution in [0.4, 0.5) is 5.13 Å². The number of hydrogen-bond donors (Lipinski definition) is 2. The van der Waals surface area contributed by atoms with Crippen molar-refractivity contribution < 1.29 is 24.5 Å². The molecule has 8 nitrogen and oxygen atoms in total. The number of carbonyl (C=O) groups excluding carboxylic acids is 2. The normalized spacial score (nSPS) is 16.5. The summed E-state index contributed by atoms with van der Waals surface area (Å²) < 4.78 is 6.58. The first-order valence-electron chi connectivity index (χ1n) is 11.5. The SMILES string of the molecule is COc1cc(C2/C(=C(/O)c3ccc(Br)cc3)C(=O)C(=O)N2c2nnc(SCc3ccc(Cl)cc3Cl)s2)ccc1O. The first kappa shape index (κ1) is 28.4. The van der Waals surface area contributed by atoms with E-state index in [2.05, 4.69) is 26.1 Å². The van der Waals surface area contributed by atoms with Crippen LogP contribution in [0.25, 0.3) is 5.76 Å². The van der Waals surface area contributed by atoms with Crippen molar-refractivity contribution in [3.63, 3.8) is 0 Å². The fourth-order valence-corrected chi connectivity index (χ4v) is 6.80. The van der Waals surface area contributed by atoms with Crippen LogP contribution in [0, 0.1) is 0 Å². The van der Waals surface area contributed by atoms with Gasteiger partial charge in [0.1, 0.15) is 5.76 Å². The molecule has 40 heavy (non-hydrogen) atoms. The zero-order valence-corrected chi connectivity index (χ0v) is 25.2. The van der Waals surface area contributed by atoms with Crippen LogP contribution in [0.15, 0.2) is 75.0 Å². The number of halogens is 3. The lowest BCUT2D eigenvalue weighted by atomic mass is 9.95. The van der Waals surface area contributed by atoms with E-state index in [1.165, 1.54) is 35.9 Å².